The van der Waals surface area contributed by atoms with Gasteiger partial charge in [0.15, 0.2) is 17.5 Å². The maximum Gasteiger partial charge on any atom is 0.164 e. The highest BCUT2D eigenvalue weighted by Crippen LogP contribution is 2.52. The van der Waals surface area contributed by atoms with Crippen LogP contribution in [0, 0.1) is 0 Å². The zero-order valence-electron chi connectivity index (χ0n) is 29.0. The highest BCUT2D eigenvalue weighted by atomic mass is 15.0. The molecule has 0 amide bonds. The summed E-state index contributed by atoms with van der Waals surface area (Å²) in [6.07, 6.45) is 0. The predicted octanol–water partition coefficient (Wildman–Crippen LogP) is 11.9. The molecule has 1 aliphatic rings. The number of fused-ring (bicyclic) bond motifs is 6. The summed E-state index contributed by atoms with van der Waals surface area (Å²) in [6, 6.07) is 60.1. The Bertz CT molecular complexity index is 2740. The fourth-order valence-corrected chi connectivity index (χ4v) is 8.12. The second-order valence-corrected chi connectivity index (χ2v) is 14.1. The van der Waals surface area contributed by atoms with E-state index in [1.807, 2.05) is 60.7 Å². The Balaban J connectivity index is 1.19. The lowest BCUT2D eigenvalue weighted by Gasteiger charge is -2.21. The smallest absolute Gasteiger partial charge is 0.164 e. The molecule has 2 heterocycles. The minimum absolute atomic E-state index is 0.0540. The number of para-hydroxylation sites is 1. The van der Waals surface area contributed by atoms with E-state index >= 15 is 0 Å². The molecule has 0 atom stereocenters. The largest absolute Gasteiger partial charge is 0.309 e. The summed E-state index contributed by atoms with van der Waals surface area (Å²) < 4.78 is 2.36. The van der Waals surface area contributed by atoms with Gasteiger partial charge in [0.2, 0.25) is 0 Å². The minimum atomic E-state index is -0.0540. The van der Waals surface area contributed by atoms with Gasteiger partial charge in [-0.1, -0.05) is 153 Å². The van der Waals surface area contributed by atoms with Crippen molar-refractivity contribution in [3.63, 3.8) is 0 Å². The molecular weight excluding hydrogens is 633 g/mol. The lowest BCUT2D eigenvalue weighted by atomic mass is 9.82. The van der Waals surface area contributed by atoms with Gasteiger partial charge in [0.1, 0.15) is 0 Å². The van der Waals surface area contributed by atoms with Gasteiger partial charge in [0, 0.05) is 38.6 Å². The predicted molar refractivity (Wildman–Crippen MR) is 213 cm³/mol. The van der Waals surface area contributed by atoms with E-state index in [0.29, 0.717) is 17.5 Å². The molecule has 0 N–H and O–H groups in total. The zero-order chi connectivity index (χ0) is 34.8. The molecule has 2 aromatic heterocycles. The van der Waals surface area contributed by atoms with Crippen LogP contribution in [-0.2, 0) is 5.41 Å². The van der Waals surface area contributed by atoms with Gasteiger partial charge in [-0.25, -0.2) is 15.0 Å². The van der Waals surface area contributed by atoms with Crippen molar-refractivity contribution in [3.05, 3.63) is 181 Å². The van der Waals surface area contributed by atoms with Crippen molar-refractivity contribution >= 4 is 21.8 Å². The third kappa shape index (κ3) is 4.72. The van der Waals surface area contributed by atoms with Gasteiger partial charge < -0.3 is 4.57 Å². The van der Waals surface area contributed by atoms with Crippen LogP contribution in [0.15, 0.2) is 170 Å². The summed E-state index contributed by atoms with van der Waals surface area (Å²) in [6.45, 7) is 4.68. The van der Waals surface area contributed by atoms with E-state index in [0.717, 1.165) is 33.4 Å². The SMILES string of the molecule is CC1(C)c2ccccc2-c2c(-c3ccc4c(c3)c3ccc(-c5nc(-c6ccccc6)nc(-c6ccccc6)n5)cc3n4-c3ccccc3)cccc21. The third-order valence-electron chi connectivity index (χ3n) is 10.7. The Morgan fingerprint density at radius 3 is 1.65 bits per heavy atom. The quantitative estimate of drug-likeness (QED) is 0.184. The van der Waals surface area contributed by atoms with E-state index in [-0.39, 0.29) is 5.41 Å². The lowest BCUT2D eigenvalue weighted by molar-refractivity contribution is 0.660. The minimum Gasteiger partial charge on any atom is -0.309 e. The Labute approximate surface area is 302 Å². The number of aromatic nitrogens is 4. The summed E-state index contributed by atoms with van der Waals surface area (Å²) in [5.41, 5.74) is 14.1. The fourth-order valence-electron chi connectivity index (χ4n) is 8.12. The second-order valence-electron chi connectivity index (χ2n) is 14.1. The molecule has 4 heteroatoms. The summed E-state index contributed by atoms with van der Waals surface area (Å²) in [7, 11) is 0. The van der Waals surface area contributed by atoms with Gasteiger partial charge in [-0.2, -0.15) is 0 Å². The van der Waals surface area contributed by atoms with E-state index in [2.05, 4.69) is 128 Å². The molecule has 0 saturated carbocycles. The molecule has 10 rings (SSSR count). The zero-order valence-corrected chi connectivity index (χ0v) is 29.0. The molecule has 0 aliphatic heterocycles. The van der Waals surface area contributed by atoms with Crippen LogP contribution in [0.5, 0.6) is 0 Å². The average Bonchev–Trinajstić information content (AvgIpc) is 3.66. The highest BCUT2D eigenvalue weighted by molar-refractivity contribution is 6.12. The van der Waals surface area contributed by atoms with E-state index in [1.165, 1.54) is 44.2 Å². The molecule has 9 aromatic rings. The number of rotatable bonds is 5. The molecule has 52 heavy (non-hydrogen) atoms. The van der Waals surface area contributed by atoms with Gasteiger partial charge >= 0.3 is 0 Å². The summed E-state index contributed by atoms with van der Waals surface area (Å²) >= 11 is 0. The molecule has 0 unspecified atom stereocenters. The Kier molecular flexibility index (Phi) is 6.80. The number of hydrogen-bond donors (Lipinski definition) is 0. The number of benzene rings is 7. The molecule has 0 radical (unpaired) electrons. The molecule has 1 aliphatic carbocycles. The fraction of sp³-hybridized carbons (Fsp3) is 0.0625. The van der Waals surface area contributed by atoms with E-state index in [1.54, 1.807) is 0 Å². The molecule has 0 bridgehead atoms. The van der Waals surface area contributed by atoms with Crippen LogP contribution in [0.3, 0.4) is 0 Å². The van der Waals surface area contributed by atoms with Crippen LogP contribution < -0.4 is 0 Å². The van der Waals surface area contributed by atoms with Crippen molar-refractivity contribution in [2.75, 3.05) is 0 Å². The normalized spacial score (nSPS) is 13.0. The van der Waals surface area contributed by atoms with Crippen molar-refractivity contribution in [1.29, 1.82) is 0 Å². The van der Waals surface area contributed by atoms with Crippen molar-refractivity contribution in [1.82, 2.24) is 19.5 Å². The lowest BCUT2D eigenvalue weighted by Crippen LogP contribution is -2.14. The molecule has 246 valence electrons. The first-order valence-electron chi connectivity index (χ1n) is 17.8. The standard InChI is InChI=1S/C48H34N4/c1-48(2)40-23-13-12-21-38(40)44-36(22-14-24-41(44)48)33-26-28-42-39(29-33)37-27-25-34(30-43(37)52(42)35-19-10-5-11-20-35)47-50-45(31-15-6-3-7-16-31)49-46(51-47)32-17-8-4-9-18-32/h3-30H,1-2H3. The van der Waals surface area contributed by atoms with Gasteiger partial charge in [-0.15, -0.1) is 0 Å². The van der Waals surface area contributed by atoms with E-state index in [4.69, 9.17) is 15.0 Å². The molecule has 0 saturated heterocycles. The van der Waals surface area contributed by atoms with Crippen LogP contribution in [0.25, 0.3) is 83.9 Å². The molecular formula is C48H34N4. The number of nitrogens with zero attached hydrogens (tertiary/aromatic N) is 4. The van der Waals surface area contributed by atoms with Crippen LogP contribution >= 0.6 is 0 Å². The van der Waals surface area contributed by atoms with Crippen LogP contribution in [0.4, 0.5) is 0 Å². The Hall–Kier alpha value is -6.65. The summed E-state index contributed by atoms with van der Waals surface area (Å²) in [4.78, 5) is 15.0. The highest BCUT2D eigenvalue weighted by Gasteiger charge is 2.36. The van der Waals surface area contributed by atoms with Crippen LogP contribution in [0.1, 0.15) is 25.0 Å². The van der Waals surface area contributed by atoms with Crippen LogP contribution in [0.2, 0.25) is 0 Å². The maximum atomic E-state index is 5.05. The first-order chi connectivity index (χ1) is 25.5. The second kappa shape index (κ2) is 11.7. The Morgan fingerprint density at radius 2 is 0.962 bits per heavy atom. The molecule has 4 nitrogen and oxygen atoms in total. The first-order valence-corrected chi connectivity index (χ1v) is 17.8. The number of hydrogen-bond acceptors (Lipinski definition) is 3. The van der Waals surface area contributed by atoms with Crippen molar-refractivity contribution < 1.29 is 0 Å². The van der Waals surface area contributed by atoms with E-state index in [9.17, 15) is 0 Å². The topological polar surface area (TPSA) is 43.6 Å². The Morgan fingerprint density at radius 1 is 0.404 bits per heavy atom. The van der Waals surface area contributed by atoms with Crippen molar-refractivity contribution in [3.8, 4) is 62.1 Å². The summed E-state index contributed by atoms with van der Waals surface area (Å²) in [5, 5.41) is 2.38. The summed E-state index contributed by atoms with van der Waals surface area (Å²) in [5.74, 6) is 1.94. The van der Waals surface area contributed by atoms with Crippen molar-refractivity contribution in [2.45, 2.75) is 19.3 Å². The van der Waals surface area contributed by atoms with E-state index < -0.39 is 0 Å². The van der Waals surface area contributed by atoms with Crippen molar-refractivity contribution in [2.24, 2.45) is 0 Å². The molecule has 0 spiro atoms. The third-order valence-corrected chi connectivity index (χ3v) is 10.7. The maximum absolute atomic E-state index is 5.05. The van der Waals surface area contributed by atoms with Gasteiger partial charge in [0.05, 0.1) is 11.0 Å². The van der Waals surface area contributed by atoms with Gasteiger partial charge in [0.25, 0.3) is 0 Å². The van der Waals surface area contributed by atoms with Crippen LogP contribution in [-0.4, -0.2) is 19.5 Å². The van der Waals surface area contributed by atoms with Gasteiger partial charge in [-0.05, 0) is 63.7 Å². The molecule has 0 fully saturated rings. The molecule has 7 aromatic carbocycles. The first kappa shape index (κ1) is 30.2. The average molecular weight is 667 g/mol. The monoisotopic (exact) mass is 666 g/mol. The van der Waals surface area contributed by atoms with Gasteiger partial charge in [-0.3, -0.25) is 0 Å².